The molecule has 2 saturated heterocycles. The lowest BCUT2D eigenvalue weighted by molar-refractivity contribution is -0.143. The molecule has 2 aliphatic heterocycles. The highest BCUT2D eigenvalue weighted by molar-refractivity contribution is 5.81. The second kappa shape index (κ2) is 7.46. The third-order valence-electron chi connectivity index (χ3n) is 7.11. The van der Waals surface area contributed by atoms with Gasteiger partial charge in [0.05, 0.1) is 5.54 Å². The monoisotopic (exact) mass is 404 g/mol. The molecule has 1 saturated carbocycles. The molecule has 1 unspecified atom stereocenters. The van der Waals surface area contributed by atoms with E-state index in [9.17, 15) is 9.59 Å². The highest BCUT2D eigenvalue weighted by atomic mass is 16.6. The number of benzene rings is 2. The van der Waals surface area contributed by atoms with E-state index in [-0.39, 0.29) is 23.5 Å². The molecule has 2 aromatic carbocycles. The minimum absolute atomic E-state index is 0.0113. The van der Waals surface area contributed by atoms with Crippen LogP contribution in [0.5, 0.6) is 0 Å². The Labute approximate surface area is 177 Å². The predicted molar refractivity (Wildman–Crippen MR) is 115 cm³/mol. The summed E-state index contributed by atoms with van der Waals surface area (Å²) in [5, 5.41) is 2.88. The number of ether oxygens (including phenoxy) is 1. The largest absolute Gasteiger partial charge is 0.447 e. The summed E-state index contributed by atoms with van der Waals surface area (Å²) in [6.07, 6.45) is 2.03. The van der Waals surface area contributed by atoms with E-state index in [1.54, 1.807) is 0 Å². The van der Waals surface area contributed by atoms with Crippen molar-refractivity contribution in [1.82, 2.24) is 10.2 Å². The minimum atomic E-state index is -0.354. The molecule has 0 bridgehead atoms. The lowest BCUT2D eigenvalue weighted by Crippen LogP contribution is -2.59. The summed E-state index contributed by atoms with van der Waals surface area (Å²) in [6.45, 7) is 4.25. The van der Waals surface area contributed by atoms with Gasteiger partial charge < -0.3 is 15.0 Å². The van der Waals surface area contributed by atoms with Gasteiger partial charge in [-0.1, -0.05) is 61.5 Å². The molecule has 2 amide bonds. The van der Waals surface area contributed by atoms with E-state index < -0.39 is 0 Å². The van der Waals surface area contributed by atoms with Gasteiger partial charge in [-0.05, 0) is 47.8 Å². The number of hydrogen-bond donors (Lipinski definition) is 1. The van der Waals surface area contributed by atoms with Crippen molar-refractivity contribution in [3.8, 4) is 11.1 Å². The molecule has 5 heteroatoms. The number of amides is 2. The van der Waals surface area contributed by atoms with Crippen LogP contribution in [-0.4, -0.2) is 42.1 Å². The van der Waals surface area contributed by atoms with Crippen molar-refractivity contribution in [3.05, 3.63) is 60.2 Å². The molecule has 1 spiro atoms. The van der Waals surface area contributed by atoms with Gasteiger partial charge in [0.15, 0.2) is 0 Å². The number of nitrogens with one attached hydrogen (secondary N) is 1. The first-order valence-corrected chi connectivity index (χ1v) is 10.9. The van der Waals surface area contributed by atoms with Gasteiger partial charge >= 0.3 is 6.09 Å². The fourth-order valence-electron chi connectivity index (χ4n) is 5.45. The van der Waals surface area contributed by atoms with Crippen molar-refractivity contribution >= 4 is 12.0 Å². The summed E-state index contributed by atoms with van der Waals surface area (Å²) in [5.74, 6) is 1.13. The number of carbonyl (C=O) groups is 2. The zero-order chi connectivity index (χ0) is 20.7. The molecule has 3 aliphatic rings. The van der Waals surface area contributed by atoms with Gasteiger partial charge in [0.25, 0.3) is 0 Å². The van der Waals surface area contributed by atoms with Crippen molar-refractivity contribution in [1.29, 1.82) is 0 Å². The normalized spacial score (nSPS) is 30.5. The van der Waals surface area contributed by atoms with Gasteiger partial charge in [-0.2, -0.15) is 0 Å². The highest BCUT2D eigenvalue weighted by Gasteiger charge is 2.53. The molecule has 3 fully saturated rings. The Kier molecular flexibility index (Phi) is 4.76. The number of cyclic esters (lactones) is 1. The molecule has 30 heavy (non-hydrogen) atoms. The van der Waals surface area contributed by atoms with E-state index in [1.165, 1.54) is 16.7 Å². The van der Waals surface area contributed by atoms with Crippen LogP contribution in [0.3, 0.4) is 0 Å². The fourth-order valence-corrected chi connectivity index (χ4v) is 5.45. The summed E-state index contributed by atoms with van der Waals surface area (Å²) >= 11 is 0. The van der Waals surface area contributed by atoms with Crippen LogP contribution in [0.1, 0.15) is 37.7 Å². The molecular formula is C25H28N2O3. The van der Waals surface area contributed by atoms with E-state index in [1.807, 2.05) is 11.0 Å². The van der Waals surface area contributed by atoms with Gasteiger partial charge in [0.2, 0.25) is 5.91 Å². The molecule has 5 rings (SSSR count). The van der Waals surface area contributed by atoms with Crippen molar-refractivity contribution in [2.45, 2.75) is 37.6 Å². The Morgan fingerprint density at radius 2 is 1.87 bits per heavy atom. The molecule has 5 nitrogen and oxygen atoms in total. The standard InChI is InChI=1S/C25H28N2O3/c1-17-15-27(23(28)21-13-25(14-21)16-30-24(29)26-25)11-10-22(17)20-9-5-8-19(12-20)18-6-3-2-4-7-18/h2-9,12,17,21-22H,10-11,13-16H2,1H3,(H,26,29)/t17-,21?,22?,25?/m0/s1. The van der Waals surface area contributed by atoms with Crippen LogP contribution in [0.25, 0.3) is 11.1 Å². The van der Waals surface area contributed by atoms with Gasteiger partial charge in [-0.15, -0.1) is 0 Å². The van der Waals surface area contributed by atoms with E-state index in [2.05, 4.69) is 60.8 Å². The van der Waals surface area contributed by atoms with Gasteiger partial charge in [-0.25, -0.2) is 4.79 Å². The second-order valence-electron chi connectivity index (χ2n) is 9.23. The fraction of sp³-hybridized carbons (Fsp3) is 0.440. The topological polar surface area (TPSA) is 58.6 Å². The summed E-state index contributed by atoms with van der Waals surface area (Å²) in [6, 6.07) is 19.3. The lowest BCUT2D eigenvalue weighted by atomic mass is 9.68. The first-order valence-electron chi connectivity index (χ1n) is 10.9. The van der Waals surface area contributed by atoms with Crippen molar-refractivity contribution in [2.24, 2.45) is 11.8 Å². The zero-order valence-corrected chi connectivity index (χ0v) is 17.3. The molecule has 1 aliphatic carbocycles. The van der Waals surface area contributed by atoms with E-state index in [4.69, 9.17) is 4.74 Å². The SMILES string of the molecule is C[C@H]1CN(C(=O)C2CC3(COC(=O)N3)C2)CCC1c1cccc(-c2ccccc2)c1. The highest BCUT2D eigenvalue weighted by Crippen LogP contribution is 2.43. The Balaban J connectivity index is 1.22. The minimum Gasteiger partial charge on any atom is -0.447 e. The Hall–Kier alpha value is -2.82. The maximum absolute atomic E-state index is 13.0. The maximum Gasteiger partial charge on any atom is 0.407 e. The van der Waals surface area contributed by atoms with Crippen LogP contribution in [-0.2, 0) is 9.53 Å². The number of likely N-dealkylation sites (tertiary alicyclic amines) is 1. The summed E-state index contributed by atoms with van der Waals surface area (Å²) in [7, 11) is 0. The average molecular weight is 405 g/mol. The molecule has 2 aromatic rings. The molecule has 2 heterocycles. The first-order chi connectivity index (χ1) is 14.5. The van der Waals surface area contributed by atoms with Crippen LogP contribution < -0.4 is 5.32 Å². The van der Waals surface area contributed by atoms with Gasteiger partial charge in [-0.3, -0.25) is 4.79 Å². The van der Waals surface area contributed by atoms with Crippen molar-refractivity contribution in [2.75, 3.05) is 19.7 Å². The maximum atomic E-state index is 13.0. The predicted octanol–water partition coefficient (Wildman–Crippen LogP) is 4.19. The average Bonchev–Trinajstić information content (AvgIpc) is 3.15. The summed E-state index contributed by atoms with van der Waals surface area (Å²) in [5.41, 5.74) is 3.56. The van der Waals surface area contributed by atoms with Gasteiger partial charge in [0, 0.05) is 19.0 Å². The number of piperidine rings is 1. The Morgan fingerprint density at radius 1 is 1.10 bits per heavy atom. The third kappa shape index (κ3) is 3.47. The number of rotatable bonds is 3. The van der Waals surface area contributed by atoms with Crippen molar-refractivity contribution < 1.29 is 14.3 Å². The van der Waals surface area contributed by atoms with E-state index in [0.717, 1.165) is 19.5 Å². The molecular weight excluding hydrogens is 376 g/mol. The number of nitrogens with zero attached hydrogens (tertiary/aromatic N) is 1. The molecule has 0 radical (unpaired) electrons. The Bertz CT molecular complexity index is 952. The van der Waals surface area contributed by atoms with E-state index >= 15 is 0 Å². The van der Waals surface area contributed by atoms with Crippen LogP contribution in [0.4, 0.5) is 4.79 Å². The molecule has 1 N–H and O–H groups in total. The summed E-state index contributed by atoms with van der Waals surface area (Å²) < 4.78 is 5.03. The molecule has 2 atom stereocenters. The number of hydrogen-bond acceptors (Lipinski definition) is 3. The quantitative estimate of drug-likeness (QED) is 0.834. The molecule has 0 aromatic heterocycles. The Morgan fingerprint density at radius 3 is 2.57 bits per heavy atom. The van der Waals surface area contributed by atoms with Crippen molar-refractivity contribution in [3.63, 3.8) is 0 Å². The lowest BCUT2D eigenvalue weighted by Gasteiger charge is -2.46. The second-order valence-corrected chi connectivity index (χ2v) is 9.23. The van der Waals surface area contributed by atoms with Crippen LogP contribution in [0.15, 0.2) is 54.6 Å². The molecule has 156 valence electrons. The van der Waals surface area contributed by atoms with E-state index in [0.29, 0.717) is 31.3 Å². The first kappa shape index (κ1) is 19.2. The van der Waals surface area contributed by atoms with Crippen LogP contribution in [0, 0.1) is 11.8 Å². The number of carbonyl (C=O) groups excluding carboxylic acids is 2. The van der Waals surface area contributed by atoms with Gasteiger partial charge in [0.1, 0.15) is 6.61 Å². The van der Waals surface area contributed by atoms with Crippen LogP contribution in [0.2, 0.25) is 0 Å². The zero-order valence-electron chi connectivity index (χ0n) is 17.3. The third-order valence-corrected chi connectivity index (χ3v) is 7.11. The smallest absolute Gasteiger partial charge is 0.407 e. The summed E-state index contributed by atoms with van der Waals surface area (Å²) in [4.78, 5) is 26.4. The van der Waals surface area contributed by atoms with Crippen LogP contribution >= 0.6 is 0 Å². The number of alkyl carbamates (subject to hydrolysis) is 1.